The van der Waals surface area contributed by atoms with Crippen molar-refractivity contribution in [2.75, 3.05) is 26.7 Å². The summed E-state index contributed by atoms with van der Waals surface area (Å²) in [6.07, 6.45) is 5.31. The number of halogens is 1. The van der Waals surface area contributed by atoms with E-state index >= 15 is 0 Å². The van der Waals surface area contributed by atoms with Crippen LogP contribution in [-0.4, -0.2) is 57.7 Å². The fourth-order valence-electron chi connectivity index (χ4n) is 4.39. The molecule has 2 aromatic rings. The van der Waals surface area contributed by atoms with Crippen LogP contribution in [0.5, 0.6) is 0 Å². The molecule has 1 unspecified atom stereocenters. The molecule has 2 atom stereocenters. The lowest BCUT2D eigenvalue weighted by Gasteiger charge is -2.44. The number of carbonyl (C=O) groups is 1. The summed E-state index contributed by atoms with van der Waals surface area (Å²) in [6, 6.07) is 6.73. The Morgan fingerprint density at radius 2 is 2.16 bits per heavy atom. The van der Waals surface area contributed by atoms with Crippen molar-refractivity contribution in [1.82, 2.24) is 14.8 Å². The van der Waals surface area contributed by atoms with Crippen LogP contribution >= 0.6 is 15.9 Å². The molecule has 5 heteroatoms. The molecule has 132 valence electrons. The molecular formula is C20H24BrN3O. The number of nitrogens with one attached hydrogen (secondary N) is 1. The number of aromatic nitrogens is 1. The summed E-state index contributed by atoms with van der Waals surface area (Å²) in [5.41, 5.74) is 5.07. The van der Waals surface area contributed by atoms with E-state index in [0.717, 1.165) is 19.5 Å². The lowest BCUT2D eigenvalue weighted by atomic mass is 9.79. The van der Waals surface area contributed by atoms with Gasteiger partial charge in [-0.25, -0.2) is 0 Å². The summed E-state index contributed by atoms with van der Waals surface area (Å²) in [6.45, 7) is 6.22. The van der Waals surface area contributed by atoms with Crippen molar-refractivity contribution in [2.24, 2.45) is 0 Å². The molecule has 1 aromatic heterocycles. The molecule has 2 heterocycles. The molecule has 0 spiro atoms. The van der Waals surface area contributed by atoms with Gasteiger partial charge in [0.1, 0.15) is 4.32 Å². The zero-order valence-electron chi connectivity index (χ0n) is 15.0. The Bertz CT molecular complexity index is 867. The van der Waals surface area contributed by atoms with Crippen LogP contribution in [0.4, 0.5) is 0 Å². The van der Waals surface area contributed by atoms with Crippen LogP contribution in [0.1, 0.15) is 25.0 Å². The van der Waals surface area contributed by atoms with Crippen molar-refractivity contribution in [3.63, 3.8) is 0 Å². The average molecular weight is 402 g/mol. The fourth-order valence-corrected chi connectivity index (χ4v) is 5.28. The van der Waals surface area contributed by atoms with Crippen LogP contribution < -0.4 is 0 Å². The first-order valence-electron chi connectivity index (χ1n) is 8.99. The van der Waals surface area contributed by atoms with E-state index in [9.17, 15) is 4.79 Å². The highest BCUT2D eigenvalue weighted by Crippen LogP contribution is 2.43. The third kappa shape index (κ3) is 2.48. The first-order chi connectivity index (χ1) is 12.0. The lowest BCUT2D eigenvalue weighted by Crippen LogP contribution is -2.55. The van der Waals surface area contributed by atoms with Crippen molar-refractivity contribution >= 4 is 38.3 Å². The standard InChI is InChI=1S/C20H24BrN3O/c1-4-24(5-2)19(25)20(21)10-15-14-7-6-8-16-18(14)13(11-22-16)9-17(15)23(3)12-20/h6-8,10-11,17,22H,4-5,9,12H2,1-3H3/t17-,20?/m1/s1. The van der Waals surface area contributed by atoms with Crippen molar-refractivity contribution in [3.8, 4) is 0 Å². The van der Waals surface area contributed by atoms with Gasteiger partial charge in [-0.1, -0.05) is 34.1 Å². The van der Waals surface area contributed by atoms with Gasteiger partial charge in [-0.2, -0.15) is 0 Å². The maximum atomic E-state index is 13.1. The van der Waals surface area contributed by atoms with Gasteiger partial charge in [-0.15, -0.1) is 0 Å². The first kappa shape index (κ1) is 16.9. The van der Waals surface area contributed by atoms with Crippen molar-refractivity contribution in [2.45, 2.75) is 30.6 Å². The number of nitrogens with zero attached hydrogens (tertiary/aromatic N) is 2. The van der Waals surface area contributed by atoms with Gasteiger partial charge in [-0.3, -0.25) is 9.69 Å². The van der Waals surface area contributed by atoms with Gasteiger partial charge in [-0.05, 0) is 50.1 Å². The second-order valence-electron chi connectivity index (χ2n) is 7.12. The van der Waals surface area contributed by atoms with Crippen molar-refractivity contribution in [3.05, 3.63) is 41.6 Å². The molecule has 0 radical (unpaired) electrons. The molecule has 1 aliphatic heterocycles. The van der Waals surface area contributed by atoms with Crippen LogP contribution in [0.2, 0.25) is 0 Å². The van der Waals surface area contributed by atoms with Gasteiger partial charge in [0.2, 0.25) is 5.91 Å². The van der Waals surface area contributed by atoms with Gasteiger partial charge < -0.3 is 9.88 Å². The number of hydrogen-bond donors (Lipinski definition) is 1. The number of H-pyrrole nitrogens is 1. The average Bonchev–Trinajstić information content (AvgIpc) is 3.02. The Kier molecular flexibility index (Phi) is 4.04. The Hall–Kier alpha value is -1.59. The van der Waals surface area contributed by atoms with Gasteiger partial charge >= 0.3 is 0 Å². The molecule has 1 aliphatic carbocycles. The zero-order valence-corrected chi connectivity index (χ0v) is 16.6. The predicted molar refractivity (Wildman–Crippen MR) is 106 cm³/mol. The fraction of sp³-hybridized carbons (Fsp3) is 0.450. The van der Waals surface area contributed by atoms with Gasteiger partial charge in [0.15, 0.2) is 0 Å². The Morgan fingerprint density at radius 3 is 2.88 bits per heavy atom. The van der Waals surface area contributed by atoms with E-state index in [1.54, 1.807) is 0 Å². The molecule has 1 N–H and O–H groups in total. The summed E-state index contributed by atoms with van der Waals surface area (Å²) >= 11 is 3.81. The highest BCUT2D eigenvalue weighted by molar-refractivity contribution is 9.10. The minimum atomic E-state index is -0.657. The molecule has 2 aliphatic rings. The Labute approximate surface area is 157 Å². The number of rotatable bonds is 3. The molecular weight excluding hydrogens is 378 g/mol. The molecule has 4 nitrogen and oxygen atoms in total. The highest BCUT2D eigenvalue weighted by atomic mass is 79.9. The highest BCUT2D eigenvalue weighted by Gasteiger charge is 2.44. The summed E-state index contributed by atoms with van der Waals surface area (Å²) in [7, 11) is 2.13. The molecule has 1 amide bonds. The van der Waals surface area contributed by atoms with E-state index in [0.29, 0.717) is 12.6 Å². The van der Waals surface area contributed by atoms with Crippen LogP contribution in [0.15, 0.2) is 30.5 Å². The summed E-state index contributed by atoms with van der Waals surface area (Å²) in [5, 5.41) is 1.31. The first-order valence-corrected chi connectivity index (χ1v) is 9.78. The quantitative estimate of drug-likeness (QED) is 0.800. The second kappa shape index (κ2) is 5.99. The van der Waals surface area contributed by atoms with E-state index in [-0.39, 0.29) is 5.91 Å². The van der Waals surface area contributed by atoms with Gasteiger partial charge in [0.25, 0.3) is 0 Å². The molecule has 1 aromatic carbocycles. The Balaban J connectivity index is 1.86. The second-order valence-corrected chi connectivity index (χ2v) is 8.53. The molecule has 4 rings (SSSR count). The van der Waals surface area contributed by atoms with Gasteiger partial charge in [0, 0.05) is 42.8 Å². The third-order valence-electron chi connectivity index (χ3n) is 5.67. The topological polar surface area (TPSA) is 39.3 Å². The summed E-state index contributed by atoms with van der Waals surface area (Å²) in [5.74, 6) is 0.155. The molecule has 0 saturated heterocycles. The number of aromatic amines is 1. The van der Waals surface area contributed by atoms with E-state index in [2.05, 4.69) is 63.3 Å². The lowest BCUT2D eigenvalue weighted by molar-refractivity contribution is -0.132. The van der Waals surface area contributed by atoms with E-state index in [1.165, 1.54) is 27.6 Å². The minimum Gasteiger partial charge on any atom is -0.361 e. The van der Waals surface area contributed by atoms with E-state index in [1.807, 2.05) is 18.7 Å². The van der Waals surface area contributed by atoms with Crippen molar-refractivity contribution < 1.29 is 4.79 Å². The number of benzene rings is 1. The van der Waals surface area contributed by atoms with Crippen molar-refractivity contribution in [1.29, 1.82) is 0 Å². The number of alkyl halides is 1. The Morgan fingerprint density at radius 1 is 1.40 bits per heavy atom. The van der Waals surface area contributed by atoms with Crippen LogP contribution in [0.25, 0.3) is 16.5 Å². The largest absolute Gasteiger partial charge is 0.361 e. The maximum Gasteiger partial charge on any atom is 0.244 e. The normalized spacial score (nSPS) is 25.6. The number of amides is 1. The molecule has 25 heavy (non-hydrogen) atoms. The summed E-state index contributed by atoms with van der Waals surface area (Å²) in [4.78, 5) is 20.8. The monoisotopic (exact) mass is 401 g/mol. The molecule has 0 bridgehead atoms. The third-order valence-corrected chi connectivity index (χ3v) is 6.49. The summed E-state index contributed by atoms with van der Waals surface area (Å²) < 4.78 is -0.657. The SMILES string of the molecule is CCN(CC)C(=O)C1(Br)C=C2c3cccc4[nH]cc(c34)C[C@H]2N(C)C1. The smallest absolute Gasteiger partial charge is 0.244 e. The number of likely N-dealkylation sites (N-methyl/N-ethyl adjacent to an activating group) is 1. The zero-order chi connectivity index (χ0) is 17.8. The van der Waals surface area contributed by atoms with E-state index < -0.39 is 4.32 Å². The number of hydrogen-bond acceptors (Lipinski definition) is 2. The predicted octanol–water partition coefficient (Wildman–Crippen LogP) is 3.42. The molecule has 0 saturated carbocycles. The van der Waals surface area contributed by atoms with Crippen LogP contribution in [0.3, 0.4) is 0 Å². The van der Waals surface area contributed by atoms with Crippen LogP contribution in [-0.2, 0) is 11.2 Å². The number of fused-ring (bicyclic) bond motifs is 2. The number of carbonyl (C=O) groups excluding carboxylic acids is 1. The van der Waals surface area contributed by atoms with Gasteiger partial charge in [0.05, 0.1) is 0 Å². The minimum absolute atomic E-state index is 0.155. The maximum absolute atomic E-state index is 13.1. The molecule has 0 fully saturated rings. The van der Waals surface area contributed by atoms with Crippen LogP contribution in [0, 0.1) is 0 Å². The van der Waals surface area contributed by atoms with E-state index in [4.69, 9.17) is 0 Å².